The Hall–Kier alpha value is 0.0569. The van der Waals surface area contributed by atoms with Gasteiger partial charge in [-0.25, -0.2) is 0 Å². The Labute approximate surface area is 101 Å². The van der Waals surface area contributed by atoms with Gasteiger partial charge in [-0.05, 0) is 11.8 Å². The molecule has 1 aliphatic heterocycles. The van der Waals surface area contributed by atoms with Crippen LogP contribution in [0.25, 0.3) is 0 Å². The maximum Gasteiger partial charge on any atom is 0.524 e. The maximum atomic E-state index is 5.72. The van der Waals surface area contributed by atoms with E-state index in [2.05, 4.69) is 36.8 Å². The number of rotatable bonds is 6. The molecule has 0 aromatic heterocycles. The first-order valence-electron chi connectivity index (χ1n) is 6.06. The Kier molecular flexibility index (Phi) is 4.94. The van der Waals surface area contributed by atoms with Crippen molar-refractivity contribution in [1.29, 1.82) is 0 Å². The molecule has 1 fully saturated rings. The molecule has 4 nitrogen and oxygen atoms in total. The third-order valence-corrected chi connectivity index (χ3v) is 6.15. The van der Waals surface area contributed by atoms with Crippen molar-refractivity contribution in [2.75, 3.05) is 34.0 Å². The Morgan fingerprint density at radius 1 is 0.938 bits per heavy atom. The summed E-state index contributed by atoms with van der Waals surface area (Å²) in [6.45, 7) is 12.0. The molecule has 0 amide bonds. The zero-order chi connectivity index (χ0) is 12.3. The van der Waals surface area contributed by atoms with Crippen molar-refractivity contribution in [2.24, 2.45) is 11.8 Å². The molecule has 0 radical (unpaired) electrons. The molecule has 96 valence electrons. The fraction of sp³-hybridized carbons (Fsp3) is 1.00. The van der Waals surface area contributed by atoms with Crippen LogP contribution in [0.3, 0.4) is 0 Å². The molecule has 0 spiro atoms. The lowest BCUT2D eigenvalue weighted by Gasteiger charge is -2.55. The monoisotopic (exact) mass is 246 g/mol. The van der Waals surface area contributed by atoms with Gasteiger partial charge in [0.05, 0.1) is 0 Å². The first kappa shape index (κ1) is 14.1. The molecule has 16 heavy (non-hydrogen) atoms. The van der Waals surface area contributed by atoms with Gasteiger partial charge in [-0.3, -0.25) is 9.13 Å². The van der Waals surface area contributed by atoms with Crippen molar-refractivity contribution >= 4 is 8.88 Å². The Bertz CT molecular complexity index is 202. The minimum Gasteiger partial charge on any atom is -0.374 e. The molecule has 0 N–H and O–H groups in total. The van der Waals surface area contributed by atoms with Crippen molar-refractivity contribution in [1.82, 2.24) is 9.13 Å². The van der Waals surface area contributed by atoms with Gasteiger partial charge in [0.15, 0.2) is 0 Å². The van der Waals surface area contributed by atoms with Crippen LogP contribution in [0, 0.1) is 11.8 Å². The summed E-state index contributed by atoms with van der Waals surface area (Å²) in [5, 5.41) is 0. The SMILES string of the molecule is CO[Si]1(OC)N(CC(C)C)CN1CC(C)C. The van der Waals surface area contributed by atoms with Crippen molar-refractivity contribution in [3.63, 3.8) is 0 Å². The highest BCUT2D eigenvalue weighted by Gasteiger charge is 2.59. The third-order valence-electron chi connectivity index (χ3n) is 2.84. The van der Waals surface area contributed by atoms with Crippen molar-refractivity contribution < 1.29 is 8.85 Å². The van der Waals surface area contributed by atoms with Gasteiger partial charge in [-0.2, -0.15) is 0 Å². The van der Waals surface area contributed by atoms with Crippen molar-refractivity contribution in [2.45, 2.75) is 27.7 Å². The standard InChI is InChI=1S/C11H26N2O2Si/c1-10(2)7-12-9-13(8-11(3)4)16(12,14-5)15-6/h10-11H,7-9H2,1-6H3. The number of hydrogen-bond donors (Lipinski definition) is 0. The van der Waals surface area contributed by atoms with Gasteiger partial charge >= 0.3 is 8.88 Å². The lowest BCUT2D eigenvalue weighted by atomic mass is 10.2. The van der Waals surface area contributed by atoms with Crippen LogP contribution in [0.5, 0.6) is 0 Å². The van der Waals surface area contributed by atoms with Crippen LogP contribution >= 0.6 is 0 Å². The summed E-state index contributed by atoms with van der Waals surface area (Å²) < 4.78 is 16.2. The largest absolute Gasteiger partial charge is 0.524 e. The summed E-state index contributed by atoms with van der Waals surface area (Å²) >= 11 is 0. The lowest BCUT2D eigenvalue weighted by molar-refractivity contribution is -0.00776. The Morgan fingerprint density at radius 3 is 1.56 bits per heavy atom. The average molecular weight is 246 g/mol. The summed E-state index contributed by atoms with van der Waals surface area (Å²) in [6, 6.07) is 0. The maximum absolute atomic E-state index is 5.72. The quantitative estimate of drug-likeness (QED) is 0.665. The second-order valence-electron chi connectivity index (χ2n) is 5.33. The van der Waals surface area contributed by atoms with Gasteiger partial charge in [0.2, 0.25) is 0 Å². The summed E-state index contributed by atoms with van der Waals surface area (Å²) in [6.07, 6.45) is 0. The van der Waals surface area contributed by atoms with E-state index in [-0.39, 0.29) is 0 Å². The van der Waals surface area contributed by atoms with Crippen LogP contribution in [0.4, 0.5) is 0 Å². The molecule has 0 aromatic rings. The van der Waals surface area contributed by atoms with E-state index in [4.69, 9.17) is 8.85 Å². The zero-order valence-electron chi connectivity index (χ0n) is 11.5. The van der Waals surface area contributed by atoms with Gasteiger partial charge in [-0.1, -0.05) is 27.7 Å². The Morgan fingerprint density at radius 2 is 1.31 bits per heavy atom. The van der Waals surface area contributed by atoms with Gasteiger partial charge in [0.1, 0.15) is 0 Å². The summed E-state index contributed by atoms with van der Waals surface area (Å²) in [5.74, 6) is 1.30. The minimum atomic E-state index is -2.21. The minimum absolute atomic E-state index is 0.651. The summed E-state index contributed by atoms with van der Waals surface area (Å²) in [4.78, 5) is 0. The third kappa shape index (κ3) is 2.65. The van der Waals surface area contributed by atoms with E-state index < -0.39 is 8.88 Å². The topological polar surface area (TPSA) is 24.9 Å². The highest BCUT2D eigenvalue weighted by molar-refractivity contribution is 6.63. The molecule has 1 rings (SSSR count). The van der Waals surface area contributed by atoms with Crippen LogP contribution < -0.4 is 0 Å². The van der Waals surface area contributed by atoms with Crippen LogP contribution in [0.15, 0.2) is 0 Å². The fourth-order valence-electron chi connectivity index (χ4n) is 2.33. The molecule has 0 atom stereocenters. The van der Waals surface area contributed by atoms with E-state index in [1.54, 1.807) is 14.2 Å². The number of hydrogen-bond acceptors (Lipinski definition) is 4. The zero-order valence-corrected chi connectivity index (χ0v) is 12.5. The second-order valence-corrected chi connectivity index (χ2v) is 8.51. The highest BCUT2D eigenvalue weighted by atomic mass is 28.4. The van der Waals surface area contributed by atoms with E-state index in [0.29, 0.717) is 11.8 Å². The van der Waals surface area contributed by atoms with Gasteiger partial charge in [0.25, 0.3) is 0 Å². The molecule has 1 saturated heterocycles. The molecule has 1 heterocycles. The second kappa shape index (κ2) is 5.60. The van der Waals surface area contributed by atoms with Crippen molar-refractivity contribution in [3.05, 3.63) is 0 Å². The predicted molar refractivity (Wildman–Crippen MR) is 67.7 cm³/mol. The normalized spacial score (nSPS) is 21.8. The van der Waals surface area contributed by atoms with E-state index in [0.717, 1.165) is 19.8 Å². The molecule has 0 aliphatic carbocycles. The van der Waals surface area contributed by atoms with Gasteiger partial charge in [0, 0.05) is 34.0 Å². The molecule has 0 aromatic carbocycles. The average Bonchev–Trinajstić information content (AvgIpc) is 2.17. The fourth-order valence-corrected chi connectivity index (χ4v) is 5.60. The number of nitrogens with zero attached hydrogens (tertiary/aromatic N) is 2. The van der Waals surface area contributed by atoms with Crippen LogP contribution in [0.1, 0.15) is 27.7 Å². The Balaban J connectivity index is 2.64. The van der Waals surface area contributed by atoms with Crippen LogP contribution in [-0.2, 0) is 8.85 Å². The molecule has 0 saturated carbocycles. The molecule has 1 aliphatic rings. The van der Waals surface area contributed by atoms with Crippen LogP contribution in [0.2, 0.25) is 0 Å². The summed E-state index contributed by atoms with van der Waals surface area (Å²) in [7, 11) is 1.34. The van der Waals surface area contributed by atoms with E-state index in [9.17, 15) is 0 Å². The van der Waals surface area contributed by atoms with E-state index in [1.165, 1.54) is 0 Å². The first-order chi connectivity index (χ1) is 7.46. The molecule has 0 bridgehead atoms. The first-order valence-corrected chi connectivity index (χ1v) is 7.77. The molecule has 0 unspecified atom stereocenters. The summed E-state index contributed by atoms with van der Waals surface area (Å²) in [5.41, 5.74) is 0. The molecule has 5 heteroatoms. The molecular formula is C11H26N2O2Si. The van der Waals surface area contributed by atoms with Crippen LogP contribution in [-0.4, -0.2) is 52.0 Å². The van der Waals surface area contributed by atoms with Gasteiger partial charge < -0.3 is 8.85 Å². The van der Waals surface area contributed by atoms with E-state index in [1.807, 2.05) is 0 Å². The molecular weight excluding hydrogens is 220 g/mol. The predicted octanol–water partition coefficient (Wildman–Crippen LogP) is 1.60. The lowest BCUT2D eigenvalue weighted by Crippen LogP contribution is -2.81. The van der Waals surface area contributed by atoms with Crippen molar-refractivity contribution in [3.8, 4) is 0 Å². The highest BCUT2D eigenvalue weighted by Crippen LogP contribution is 2.29. The van der Waals surface area contributed by atoms with Gasteiger partial charge in [-0.15, -0.1) is 0 Å². The smallest absolute Gasteiger partial charge is 0.374 e. The van der Waals surface area contributed by atoms with E-state index >= 15 is 0 Å².